The minimum Gasteiger partial charge on any atom is -0.359 e. The molecule has 1 N–H and O–H groups in total. The summed E-state index contributed by atoms with van der Waals surface area (Å²) in [6.07, 6.45) is 0.916. The fraction of sp³-hybridized carbons (Fsp3) is 0.917. The highest BCUT2D eigenvalue weighted by molar-refractivity contribution is 5.77. The van der Waals surface area contributed by atoms with Gasteiger partial charge in [-0.2, -0.15) is 0 Å². The van der Waals surface area contributed by atoms with Crippen molar-refractivity contribution in [1.29, 1.82) is 0 Å². The molecule has 90 valence electrons. The third-order valence-corrected chi connectivity index (χ3v) is 1.31. The average Bonchev–Trinajstić information content (AvgIpc) is 2.34. The molecule has 0 aromatic heterocycles. The summed E-state index contributed by atoms with van der Waals surface area (Å²) >= 11 is 0. The zero-order valence-corrected chi connectivity index (χ0v) is 11.7. The van der Waals surface area contributed by atoms with Gasteiger partial charge in [0.25, 0.3) is 0 Å². The lowest BCUT2D eigenvalue weighted by atomic mass is 10.1. The van der Waals surface area contributed by atoms with Crippen molar-refractivity contribution >= 4 is 5.91 Å². The van der Waals surface area contributed by atoms with Gasteiger partial charge in [0.05, 0.1) is 0 Å². The Labute approximate surface area is 91.5 Å². The second kappa shape index (κ2) is 29.4. The lowest BCUT2D eigenvalue weighted by Crippen LogP contribution is -2.24. The van der Waals surface area contributed by atoms with Gasteiger partial charge in [-0.25, -0.2) is 0 Å². The van der Waals surface area contributed by atoms with Crippen LogP contribution in [0.2, 0.25) is 0 Å². The monoisotopic (exact) mass is 205 g/mol. The molecule has 0 radical (unpaired) electrons. The van der Waals surface area contributed by atoms with Crippen molar-refractivity contribution < 1.29 is 4.79 Å². The molecular formula is C12H31NO. The van der Waals surface area contributed by atoms with Gasteiger partial charge in [-0.1, -0.05) is 55.4 Å². The maximum atomic E-state index is 10.6. The molecule has 0 heterocycles. The molecule has 0 spiro atoms. The lowest BCUT2D eigenvalue weighted by Gasteiger charge is -2.03. The van der Waals surface area contributed by atoms with Crippen LogP contribution in [0.3, 0.4) is 0 Å². The number of carbonyl (C=O) groups is 1. The molecule has 2 nitrogen and oxygen atoms in total. The summed E-state index contributed by atoms with van der Waals surface area (Å²) < 4.78 is 0. The zero-order chi connectivity index (χ0) is 12.6. The normalized spacial score (nSPS) is 8.64. The van der Waals surface area contributed by atoms with Gasteiger partial charge >= 0.3 is 0 Å². The molecular weight excluding hydrogens is 174 g/mol. The summed E-state index contributed by atoms with van der Waals surface area (Å²) in [7, 11) is 1.66. The predicted octanol–water partition coefficient (Wildman–Crippen LogP) is 3.86. The van der Waals surface area contributed by atoms with E-state index in [-0.39, 0.29) is 11.8 Å². The molecule has 0 rings (SSSR count). The summed E-state index contributed by atoms with van der Waals surface area (Å²) in [4.78, 5) is 10.6. The van der Waals surface area contributed by atoms with Crippen LogP contribution < -0.4 is 5.32 Å². The fourth-order valence-electron chi connectivity index (χ4n) is 0.432. The predicted molar refractivity (Wildman–Crippen MR) is 67.6 cm³/mol. The summed E-state index contributed by atoms with van der Waals surface area (Å²) in [5.74, 6) is 0.299. The fourth-order valence-corrected chi connectivity index (χ4v) is 0.432. The number of amides is 1. The van der Waals surface area contributed by atoms with Crippen LogP contribution in [0.4, 0.5) is 0 Å². The first-order valence-electron chi connectivity index (χ1n) is 5.94. The van der Waals surface area contributed by atoms with Crippen LogP contribution in [0, 0.1) is 5.92 Å². The van der Waals surface area contributed by atoms with E-state index < -0.39 is 0 Å². The highest BCUT2D eigenvalue weighted by Crippen LogP contribution is 1.97. The molecule has 1 atom stereocenters. The maximum Gasteiger partial charge on any atom is 0.222 e. The van der Waals surface area contributed by atoms with Crippen LogP contribution in [0.1, 0.15) is 61.8 Å². The van der Waals surface area contributed by atoms with Crippen LogP contribution in [0.5, 0.6) is 0 Å². The van der Waals surface area contributed by atoms with E-state index in [1.54, 1.807) is 7.05 Å². The molecule has 0 saturated carbocycles. The Hall–Kier alpha value is -0.530. The molecule has 0 aromatic carbocycles. The first kappa shape index (κ1) is 23.4. The second-order valence-corrected chi connectivity index (χ2v) is 1.92. The van der Waals surface area contributed by atoms with E-state index in [9.17, 15) is 4.79 Å². The molecule has 0 aliphatic heterocycles. The Morgan fingerprint density at radius 1 is 1.07 bits per heavy atom. The van der Waals surface area contributed by atoms with E-state index in [1.807, 2.05) is 55.4 Å². The van der Waals surface area contributed by atoms with E-state index in [1.165, 1.54) is 0 Å². The SMILES string of the molecule is CC.CC.CC.CCC(C)C(=O)NC. The van der Waals surface area contributed by atoms with Crippen LogP contribution in [-0.4, -0.2) is 13.0 Å². The van der Waals surface area contributed by atoms with Crippen molar-refractivity contribution in [3.8, 4) is 0 Å². The van der Waals surface area contributed by atoms with Crippen LogP contribution in [0.15, 0.2) is 0 Å². The van der Waals surface area contributed by atoms with Crippen molar-refractivity contribution in [2.24, 2.45) is 5.92 Å². The molecule has 1 amide bonds. The van der Waals surface area contributed by atoms with Gasteiger partial charge in [0.2, 0.25) is 5.91 Å². The van der Waals surface area contributed by atoms with Crippen molar-refractivity contribution in [1.82, 2.24) is 5.32 Å². The van der Waals surface area contributed by atoms with Gasteiger partial charge in [-0.3, -0.25) is 4.79 Å². The Balaban J connectivity index is -0.0000000708. The Morgan fingerprint density at radius 3 is 1.43 bits per heavy atom. The number of nitrogens with one attached hydrogen (secondary N) is 1. The maximum absolute atomic E-state index is 10.6. The number of hydrogen-bond acceptors (Lipinski definition) is 1. The molecule has 0 aromatic rings. The smallest absolute Gasteiger partial charge is 0.222 e. The minimum absolute atomic E-state index is 0.132. The molecule has 0 bridgehead atoms. The third-order valence-electron chi connectivity index (χ3n) is 1.31. The molecule has 0 aliphatic carbocycles. The average molecular weight is 205 g/mol. The van der Waals surface area contributed by atoms with Crippen molar-refractivity contribution in [3.05, 3.63) is 0 Å². The standard InChI is InChI=1S/C6H13NO.3C2H6/c1-4-5(2)6(8)7-3;3*1-2/h5H,4H2,1-3H3,(H,7,8);3*1-2H3. The summed E-state index contributed by atoms with van der Waals surface area (Å²) in [6, 6.07) is 0. The quantitative estimate of drug-likeness (QED) is 0.729. The van der Waals surface area contributed by atoms with Gasteiger partial charge in [-0.15, -0.1) is 0 Å². The summed E-state index contributed by atoms with van der Waals surface area (Å²) in [6.45, 7) is 15.9. The first-order valence-corrected chi connectivity index (χ1v) is 5.94. The van der Waals surface area contributed by atoms with E-state index in [0.29, 0.717) is 0 Å². The highest BCUT2D eigenvalue weighted by atomic mass is 16.1. The van der Waals surface area contributed by atoms with Crippen molar-refractivity contribution in [3.63, 3.8) is 0 Å². The van der Waals surface area contributed by atoms with E-state index >= 15 is 0 Å². The number of rotatable bonds is 2. The lowest BCUT2D eigenvalue weighted by molar-refractivity contribution is -0.124. The largest absolute Gasteiger partial charge is 0.359 e. The molecule has 0 fully saturated rings. The third kappa shape index (κ3) is 22.5. The van der Waals surface area contributed by atoms with Crippen molar-refractivity contribution in [2.45, 2.75) is 61.8 Å². The Morgan fingerprint density at radius 2 is 1.36 bits per heavy atom. The van der Waals surface area contributed by atoms with E-state index in [0.717, 1.165) is 6.42 Å². The van der Waals surface area contributed by atoms with E-state index in [2.05, 4.69) is 5.32 Å². The molecule has 14 heavy (non-hydrogen) atoms. The highest BCUT2D eigenvalue weighted by Gasteiger charge is 2.05. The zero-order valence-electron chi connectivity index (χ0n) is 11.7. The molecule has 0 aliphatic rings. The topological polar surface area (TPSA) is 29.1 Å². The first-order chi connectivity index (χ1) is 6.72. The van der Waals surface area contributed by atoms with Gasteiger partial charge in [0.15, 0.2) is 0 Å². The van der Waals surface area contributed by atoms with Gasteiger partial charge in [0.1, 0.15) is 0 Å². The second-order valence-electron chi connectivity index (χ2n) is 1.92. The summed E-state index contributed by atoms with van der Waals surface area (Å²) in [5.41, 5.74) is 0. The summed E-state index contributed by atoms with van der Waals surface area (Å²) in [5, 5.41) is 2.58. The molecule has 0 saturated heterocycles. The van der Waals surface area contributed by atoms with Gasteiger partial charge in [0, 0.05) is 13.0 Å². The van der Waals surface area contributed by atoms with Crippen molar-refractivity contribution in [2.75, 3.05) is 7.05 Å². The Bertz CT molecular complexity index is 82.4. The van der Waals surface area contributed by atoms with Gasteiger partial charge < -0.3 is 5.32 Å². The van der Waals surface area contributed by atoms with Crippen LogP contribution in [0.25, 0.3) is 0 Å². The number of carbonyl (C=O) groups excluding carboxylic acids is 1. The van der Waals surface area contributed by atoms with Crippen LogP contribution >= 0.6 is 0 Å². The number of hydrogen-bond donors (Lipinski definition) is 1. The van der Waals surface area contributed by atoms with Crippen LogP contribution in [-0.2, 0) is 4.79 Å². The van der Waals surface area contributed by atoms with Gasteiger partial charge in [-0.05, 0) is 6.42 Å². The Kier molecular flexibility index (Phi) is 49.0. The minimum atomic E-state index is 0.132. The van der Waals surface area contributed by atoms with E-state index in [4.69, 9.17) is 0 Å². The molecule has 2 heteroatoms. The molecule has 1 unspecified atom stereocenters.